The molecule has 1 atom stereocenters. The average molecular weight is 404 g/mol. The number of halogens is 1. The van der Waals surface area contributed by atoms with Crippen LogP contribution in [0.1, 0.15) is 30.5 Å². The van der Waals surface area contributed by atoms with E-state index in [0.29, 0.717) is 0 Å². The molecule has 28 heavy (non-hydrogen) atoms. The van der Waals surface area contributed by atoms with Crippen LogP contribution in [-0.4, -0.2) is 20.4 Å². The number of nitriles is 1. The highest BCUT2D eigenvalue weighted by molar-refractivity contribution is 7.89. The van der Waals surface area contributed by atoms with Gasteiger partial charge in [-0.2, -0.15) is 9.98 Å². The molecule has 2 aromatic carbocycles. The Kier molecular flexibility index (Phi) is 6.89. The number of aryl methyl sites for hydroxylation is 1. The summed E-state index contributed by atoms with van der Waals surface area (Å²) in [5.74, 6) is -1.84. The number of esters is 1. The molecule has 0 unspecified atom stereocenters. The summed E-state index contributed by atoms with van der Waals surface area (Å²) in [4.78, 5) is 12.5. The second kappa shape index (κ2) is 8.95. The molecule has 0 aliphatic heterocycles. The normalized spacial score (nSPS) is 12.4. The quantitative estimate of drug-likeness (QED) is 0.716. The summed E-state index contributed by atoms with van der Waals surface area (Å²) in [7, 11) is -3.94. The summed E-state index contributed by atoms with van der Waals surface area (Å²) < 4.78 is 46.4. The summed E-state index contributed by atoms with van der Waals surface area (Å²) >= 11 is 0. The van der Waals surface area contributed by atoms with Crippen LogP contribution in [0.15, 0.2) is 47.4 Å². The third-order valence-electron chi connectivity index (χ3n) is 4.08. The number of carbonyl (C=O) groups excluding carboxylic acids is 1. The van der Waals surface area contributed by atoms with E-state index in [1.807, 2.05) is 13.0 Å². The van der Waals surface area contributed by atoms with Crippen molar-refractivity contribution in [1.29, 1.82) is 5.26 Å². The van der Waals surface area contributed by atoms with Crippen LogP contribution in [0, 0.1) is 30.0 Å². The van der Waals surface area contributed by atoms with Crippen molar-refractivity contribution in [3.8, 4) is 6.07 Å². The average Bonchev–Trinajstić information content (AvgIpc) is 2.65. The van der Waals surface area contributed by atoms with E-state index in [-0.39, 0.29) is 16.0 Å². The standard InChI is InChI=1S/C20H21FN2O4S/c1-13(2)19(23-28(25,26)17-7-4-14(3)5-8-17)20(24)27-12-16-10-15(11-22)6-9-18(16)21/h4-10,13,19,23H,12H2,1-3H3/t19-/m0/s1. The predicted molar refractivity (Wildman–Crippen MR) is 101 cm³/mol. The largest absolute Gasteiger partial charge is 0.460 e. The second-order valence-electron chi connectivity index (χ2n) is 6.68. The third-order valence-corrected chi connectivity index (χ3v) is 5.54. The predicted octanol–water partition coefficient (Wildman–Crippen LogP) is 3.05. The van der Waals surface area contributed by atoms with Crippen molar-refractivity contribution >= 4 is 16.0 Å². The molecule has 6 nitrogen and oxygen atoms in total. The van der Waals surface area contributed by atoms with Crippen LogP contribution in [0.25, 0.3) is 0 Å². The van der Waals surface area contributed by atoms with Gasteiger partial charge in [-0.15, -0.1) is 0 Å². The van der Waals surface area contributed by atoms with Crippen molar-refractivity contribution in [3.63, 3.8) is 0 Å². The van der Waals surface area contributed by atoms with E-state index in [9.17, 15) is 17.6 Å². The fraction of sp³-hybridized carbons (Fsp3) is 0.300. The summed E-state index contributed by atoms with van der Waals surface area (Å²) in [5.41, 5.74) is 1.17. The zero-order valence-electron chi connectivity index (χ0n) is 15.8. The van der Waals surface area contributed by atoms with Gasteiger partial charge in [-0.05, 0) is 43.2 Å². The molecular weight excluding hydrogens is 383 g/mol. The van der Waals surface area contributed by atoms with Gasteiger partial charge >= 0.3 is 5.97 Å². The first-order valence-electron chi connectivity index (χ1n) is 8.58. The highest BCUT2D eigenvalue weighted by atomic mass is 32.2. The molecule has 0 aliphatic rings. The van der Waals surface area contributed by atoms with Crippen LogP contribution in [0.3, 0.4) is 0 Å². The van der Waals surface area contributed by atoms with E-state index >= 15 is 0 Å². The summed E-state index contributed by atoms with van der Waals surface area (Å²) in [6.45, 7) is 4.76. The lowest BCUT2D eigenvalue weighted by atomic mass is 10.1. The van der Waals surface area contributed by atoms with Crippen LogP contribution < -0.4 is 4.72 Å². The van der Waals surface area contributed by atoms with Gasteiger partial charge in [0.25, 0.3) is 0 Å². The Balaban J connectivity index is 2.14. The zero-order valence-corrected chi connectivity index (χ0v) is 16.6. The van der Waals surface area contributed by atoms with Gasteiger partial charge in [0.05, 0.1) is 16.5 Å². The summed E-state index contributed by atoms with van der Waals surface area (Å²) in [6, 6.07) is 10.6. The molecule has 0 bridgehead atoms. The Morgan fingerprint density at radius 2 is 1.86 bits per heavy atom. The van der Waals surface area contributed by atoms with E-state index < -0.39 is 40.4 Å². The molecule has 1 N–H and O–H groups in total. The number of nitrogens with zero attached hydrogens (tertiary/aromatic N) is 1. The molecule has 0 saturated heterocycles. The molecule has 0 saturated carbocycles. The van der Waals surface area contributed by atoms with Crippen LogP contribution in [0.4, 0.5) is 4.39 Å². The fourth-order valence-corrected chi connectivity index (χ4v) is 3.74. The van der Waals surface area contributed by atoms with Gasteiger partial charge in [-0.25, -0.2) is 12.8 Å². The number of rotatable bonds is 7. The number of hydrogen-bond acceptors (Lipinski definition) is 5. The minimum atomic E-state index is -3.94. The number of ether oxygens (including phenoxy) is 1. The monoisotopic (exact) mass is 404 g/mol. The maximum atomic E-state index is 13.8. The summed E-state index contributed by atoms with van der Waals surface area (Å²) in [5, 5.41) is 8.89. The van der Waals surface area contributed by atoms with Crippen LogP contribution in [0.5, 0.6) is 0 Å². The van der Waals surface area contributed by atoms with E-state index in [4.69, 9.17) is 10.00 Å². The number of sulfonamides is 1. The first-order valence-corrected chi connectivity index (χ1v) is 10.1. The first kappa shape index (κ1) is 21.5. The molecule has 0 fully saturated rings. The molecule has 8 heteroatoms. The molecule has 0 radical (unpaired) electrons. The third kappa shape index (κ3) is 5.38. The fourth-order valence-electron chi connectivity index (χ4n) is 2.40. The van der Waals surface area contributed by atoms with Gasteiger partial charge in [-0.1, -0.05) is 31.5 Å². The van der Waals surface area contributed by atoms with Gasteiger partial charge < -0.3 is 4.74 Å². The van der Waals surface area contributed by atoms with Gasteiger partial charge in [0.2, 0.25) is 10.0 Å². The van der Waals surface area contributed by atoms with Crippen LogP contribution in [0.2, 0.25) is 0 Å². The second-order valence-corrected chi connectivity index (χ2v) is 8.40. The first-order chi connectivity index (χ1) is 13.1. The zero-order chi connectivity index (χ0) is 20.9. The van der Waals surface area contributed by atoms with E-state index in [1.54, 1.807) is 26.0 Å². The van der Waals surface area contributed by atoms with Crippen molar-refractivity contribution in [2.24, 2.45) is 5.92 Å². The Hall–Kier alpha value is -2.76. The smallest absolute Gasteiger partial charge is 0.324 e. The minimum Gasteiger partial charge on any atom is -0.460 e. The van der Waals surface area contributed by atoms with Gasteiger partial charge in [0, 0.05) is 5.56 Å². The molecular formula is C20H21FN2O4S. The minimum absolute atomic E-state index is 0.0318. The highest BCUT2D eigenvalue weighted by Gasteiger charge is 2.29. The molecule has 148 valence electrons. The van der Waals surface area contributed by atoms with E-state index in [2.05, 4.69) is 4.72 Å². The Labute approximate surface area is 164 Å². The molecule has 0 aliphatic carbocycles. The van der Waals surface area contributed by atoms with Crippen molar-refractivity contribution in [2.75, 3.05) is 0 Å². The van der Waals surface area contributed by atoms with Gasteiger partial charge in [0.1, 0.15) is 18.5 Å². The summed E-state index contributed by atoms with van der Waals surface area (Å²) in [6.07, 6.45) is 0. The van der Waals surface area contributed by atoms with Gasteiger partial charge in [-0.3, -0.25) is 4.79 Å². The maximum absolute atomic E-state index is 13.8. The maximum Gasteiger partial charge on any atom is 0.324 e. The number of nitrogens with one attached hydrogen (secondary N) is 1. The number of benzene rings is 2. The Morgan fingerprint density at radius 1 is 1.21 bits per heavy atom. The molecule has 2 aromatic rings. The van der Waals surface area contributed by atoms with Crippen molar-refractivity contribution in [3.05, 3.63) is 65.0 Å². The molecule has 2 rings (SSSR count). The van der Waals surface area contributed by atoms with Gasteiger partial charge in [0.15, 0.2) is 0 Å². The lowest BCUT2D eigenvalue weighted by Gasteiger charge is -2.21. The molecule has 0 heterocycles. The number of hydrogen-bond donors (Lipinski definition) is 1. The van der Waals surface area contributed by atoms with E-state index in [1.165, 1.54) is 24.3 Å². The van der Waals surface area contributed by atoms with Crippen LogP contribution in [-0.2, 0) is 26.2 Å². The molecule has 0 amide bonds. The van der Waals surface area contributed by atoms with Crippen molar-refractivity contribution < 1.29 is 22.3 Å². The highest BCUT2D eigenvalue weighted by Crippen LogP contribution is 2.16. The Bertz CT molecular complexity index is 996. The Morgan fingerprint density at radius 3 is 2.43 bits per heavy atom. The lowest BCUT2D eigenvalue weighted by Crippen LogP contribution is -2.45. The van der Waals surface area contributed by atoms with E-state index in [0.717, 1.165) is 11.6 Å². The lowest BCUT2D eigenvalue weighted by molar-refractivity contribution is -0.148. The van der Waals surface area contributed by atoms with Crippen LogP contribution >= 0.6 is 0 Å². The SMILES string of the molecule is Cc1ccc(S(=O)(=O)N[C@H](C(=O)OCc2cc(C#N)ccc2F)C(C)C)cc1. The molecule has 0 aromatic heterocycles. The molecule has 0 spiro atoms. The topological polar surface area (TPSA) is 96.3 Å². The van der Waals surface area contributed by atoms with Crippen molar-refractivity contribution in [1.82, 2.24) is 4.72 Å². The number of carbonyl (C=O) groups is 1. The van der Waals surface area contributed by atoms with Crippen molar-refractivity contribution in [2.45, 2.75) is 38.3 Å².